The summed E-state index contributed by atoms with van der Waals surface area (Å²) < 4.78 is 5.76. The van der Waals surface area contributed by atoms with Crippen molar-refractivity contribution in [2.45, 2.75) is 38.7 Å². The highest BCUT2D eigenvalue weighted by molar-refractivity contribution is 6.02. The number of ether oxygens (including phenoxy) is 1. The van der Waals surface area contributed by atoms with E-state index >= 15 is 0 Å². The van der Waals surface area contributed by atoms with E-state index in [9.17, 15) is 5.11 Å². The van der Waals surface area contributed by atoms with Crippen molar-refractivity contribution >= 4 is 5.71 Å². The summed E-state index contributed by atoms with van der Waals surface area (Å²) in [5.74, 6) is 0. The van der Waals surface area contributed by atoms with Crippen LogP contribution in [0.2, 0.25) is 0 Å². The van der Waals surface area contributed by atoms with Crippen LogP contribution in [0.5, 0.6) is 0 Å². The van der Waals surface area contributed by atoms with Gasteiger partial charge in [0.2, 0.25) is 0 Å². The lowest BCUT2D eigenvalue weighted by Crippen LogP contribution is -2.39. The Hall–Kier alpha value is -2.99. The number of benzene rings is 3. The van der Waals surface area contributed by atoms with Crippen LogP contribution in [0.1, 0.15) is 28.7 Å². The van der Waals surface area contributed by atoms with E-state index < -0.39 is 6.10 Å². The molecule has 0 spiro atoms. The third kappa shape index (κ3) is 6.99. The Morgan fingerprint density at radius 3 is 2.36 bits per heavy atom. The van der Waals surface area contributed by atoms with Gasteiger partial charge in [0.15, 0.2) is 0 Å². The smallest absolute Gasteiger partial charge is 0.145 e. The third-order valence-electron chi connectivity index (χ3n) is 5.79. The van der Waals surface area contributed by atoms with E-state index in [4.69, 9.17) is 9.57 Å². The van der Waals surface area contributed by atoms with Crippen LogP contribution >= 0.6 is 0 Å². The van der Waals surface area contributed by atoms with Crippen LogP contribution in [0.25, 0.3) is 0 Å². The standard InChI is InChI=1S/C28H32N2O3/c1-22-10-8-9-15-27(22)28-16-26(33-29-28)19-30(17-23-11-4-2-5-12-23)18-25(31)21-32-20-24-13-6-3-7-14-24/h2-15,25-26,31H,16-21H2,1H3. The summed E-state index contributed by atoms with van der Waals surface area (Å²) in [5, 5.41) is 15.1. The van der Waals surface area contributed by atoms with Crippen LogP contribution < -0.4 is 0 Å². The molecule has 5 heteroatoms. The minimum atomic E-state index is -0.587. The molecule has 33 heavy (non-hydrogen) atoms. The number of hydrogen-bond acceptors (Lipinski definition) is 5. The first-order valence-corrected chi connectivity index (χ1v) is 11.5. The fourth-order valence-corrected chi connectivity index (χ4v) is 4.15. The van der Waals surface area contributed by atoms with Crippen LogP contribution in [0.3, 0.4) is 0 Å². The van der Waals surface area contributed by atoms with E-state index in [-0.39, 0.29) is 12.7 Å². The average Bonchev–Trinajstić information content (AvgIpc) is 3.29. The molecule has 0 radical (unpaired) electrons. The van der Waals surface area contributed by atoms with Crippen molar-refractivity contribution < 1.29 is 14.7 Å². The Morgan fingerprint density at radius 1 is 0.970 bits per heavy atom. The maximum absolute atomic E-state index is 10.7. The van der Waals surface area contributed by atoms with E-state index in [1.54, 1.807) is 0 Å². The van der Waals surface area contributed by atoms with Gasteiger partial charge in [-0.25, -0.2) is 0 Å². The first-order chi connectivity index (χ1) is 16.2. The molecule has 0 bridgehead atoms. The Balaban J connectivity index is 1.33. The molecule has 0 aliphatic carbocycles. The molecule has 3 aromatic rings. The van der Waals surface area contributed by atoms with Crippen LogP contribution in [0.15, 0.2) is 90.1 Å². The van der Waals surface area contributed by atoms with Gasteiger partial charge in [0.1, 0.15) is 6.10 Å². The predicted octanol–water partition coefficient (Wildman–Crippen LogP) is 4.57. The van der Waals surface area contributed by atoms with Crippen LogP contribution in [0.4, 0.5) is 0 Å². The highest BCUT2D eigenvalue weighted by Crippen LogP contribution is 2.21. The zero-order valence-corrected chi connectivity index (χ0v) is 19.1. The molecular weight excluding hydrogens is 412 g/mol. The molecule has 3 aromatic carbocycles. The second-order valence-electron chi connectivity index (χ2n) is 8.62. The SMILES string of the molecule is Cc1ccccc1C1=NOC(CN(Cc2ccccc2)CC(O)COCc2ccccc2)C1. The quantitative estimate of drug-likeness (QED) is 0.471. The second-order valence-corrected chi connectivity index (χ2v) is 8.62. The largest absolute Gasteiger partial charge is 0.390 e. The molecule has 172 valence electrons. The molecule has 1 N–H and O–H groups in total. The number of aliphatic hydroxyl groups is 1. The number of hydrogen-bond donors (Lipinski definition) is 1. The maximum atomic E-state index is 10.7. The molecule has 1 aliphatic rings. The van der Waals surface area contributed by atoms with Crippen molar-refractivity contribution in [3.63, 3.8) is 0 Å². The lowest BCUT2D eigenvalue weighted by molar-refractivity contribution is -0.00648. The van der Waals surface area contributed by atoms with Crippen LogP contribution in [0, 0.1) is 6.92 Å². The Kier molecular flexibility index (Phi) is 8.25. The Bertz CT molecular complexity index is 1020. The molecule has 5 nitrogen and oxygen atoms in total. The van der Waals surface area contributed by atoms with E-state index in [1.807, 2.05) is 60.7 Å². The number of aliphatic hydroxyl groups excluding tert-OH is 1. The van der Waals surface area contributed by atoms with Gasteiger partial charge in [-0.3, -0.25) is 4.90 Å². The minimum Gasteiger partial charge on any atom is -0.390 e. The summed E-state index contributed by atoms with van der Waals surface area (Å²) in [6, 6.07) is 28.6. The zero-order chi connectivity index (χ0) is 22.9. The van der Waals surface area contributed by atoms with Gasteiger partial charge in [0, 0.05) is 31.6 Å². The first-order valence-electron chi connectivity index (χ1n) is 11.5. The number of oxime groups is 1. The van der Waals surface area contributed by atoms with E-state index in [2.05, 4.69) is 41.2 Å². The van der Waals surface area contributed by atoms with Crippen molar-refractivity contribution in [3.8, 4) is 0 Å². The van der Waals surface area contributed by atoms with E-state index in [0.29, 0.717) is 19.7 Å². The third-order valence-corrected chi connectivity index (χ3v) is 5.79. The number of nitrogens with zero attached hydrogens (tertiary/aromatic N) is 2. The predicted molar refractivity (Wildman–Crippen MR) is 131 cm³/mol. The minimum absolute atomic E-state index is 0.0410. The lowest BCUT2D eigenvalue weighted by Gasteiger charge is -2.27. The molecule has 0 saturated heterocycles. The molecule has 0 saturated carbocycles. The molecule has 2 atom stereocenters. The molecule has 0 amide bonds. The molecule has 4 rings (SSSR count). The van der Waals surface area contributed by atoms with Gasteiger partial charge in [-0.2, -0.15) is 0 Å². The first kappa shape index (κ1) is 23.2. The fourth-order valence-electron chi connectivity index (χ4n) is 4.15. The molecule has 0 aromatic heterocycles. The highest BCUT2D eigenvalue weighted by Gasteiger charge is 2.26. The van der Waals surface area contributed by atoms with Gasteiger partial charge >= 0.3 is 0 Å². The molecule has 1 heterocycles. The van der Waals surface area contributed by atoms with E-state index in [0.717, 1.165) is 29.8 Å². The van der Waals surface area contributed by atoms with Crippen molar-refractivity contribution in [2.75, 3.05) is 19.7 Å². The lowest BCUT2D eigenvalue weighted by atomic mass is 10.00. The topological polar surface area (TPSA) is 54.3 Å². The number of rotatable bonds is 11. The highest BCUT2D eigenvalue weighted by atomic mass is 16.6. The van der Waals surface area contributed by atoms with E-state index in [1.165, 1.54) is 11.1 Å². The molecule has 1 aliphatic heterocycles. The maximum Gasteiger partial charge on any atom is 0.145 e. The summed E-state index contributed by atoms with van der Waals surface area (Å²) >= 11 is 0. The van der Waals surface area contributed by atoms with Gasteiger partial charge in [-0.05, 0) is 23.6 Å². The monoisotopic (exact) mass is 444 g/mol. The fraction of sp³-hybridized carbons (Fsp3) is 0.321. The Labute approximate surface area is 196 Å². The van der Waals surface area contributed by atoms with Crippen molar-refractivity contribution in [1.29, 1.82) is 0 Å². The number of aryl methyl sites for hydroxylation is 1. The summed E-state index contributed by atoms with van der Waals surface area (Å²) in [7, 11) is 0. The van der Waals surface area contributed by atoms with Crippen molar-refractivity contribution in [1.82, 2.24) is 4.90 Å². The second kappa shape index (κ2) is 11.8. The summed E-state index contributed by atoms with van der Waals surface area (Å²) in [5.41, 5.74) is 5.64. The summed E-state index contributed by atoms with van der Waals surface area (Å²) in [6.45, 7) is 4.80. The Morgan fingerprint density at radius 2 is 1.64 bits per heavy atom. The van der Waals surface area contributed by atoms with Crippen LogP contribution in [-0.4, -0.2) is 47.6 Å². The van der Waals surface area contributed by atoms with Crippen LogP contribution in [-0.2, 0) is 22.7 Å². The van der Waals surface area contributed by atoms with Gasteiger partial charge in [0.05, 0.1) is 25.0 Å². The van der Waals surface area contributed by atoms with Crippen molar-refractivity contribution in [2.24, 2.45) is 5.16 Å². The molecule has 0 fully saturated rings. The summed E-state index contributed by atoms with van der Waals surface area (Å²) in [6.07, 6.45) is 0.132. The molecular formula is C28H32N2O3. The zero-order valence-electron chi connectivity index (χ0n) is 19.1. The van der Waals surface area contributed by atoms with Gasteiger partial charge < -0.3 is 14.7 Å². The van der Waals surface area contributed by atoms with Gasteiger partial charge in [-0.1, -0.05) is 90.1 Å². The molecule has 2 unspecified atom stereocenters. The normalized spacial score (nSPS) is 16.5. The average molecular weight is 445 g/mol. The summed E-state index contributed by atoms with van der Waals surface area (Å²) in [4.78, 5) is 8.03. The van der Waals surface area contributed by atoms with Gasteiger partial charge in [-0.15, -0.1) is 0 Å². The van der Waals surface area contributed by atoms with Crippen molar-refractivity contribution in [3.05, 3.63) is 107 Å². The van der Waals surface area contributed by atoms with Gasteiger partial charge in [0.25, 0.3) is 0 Å².